The summed E-state index contributed by atoms with van der Waals surface area (Å²) in [6.45, 7) is -0.486. The summed E-state index contributed by atoms with van der Waals surface area (Å²) in [7, 11) is 0. The Balaban J connectivity index is 1.67. The highest BCUT2D eigenvalue weighted by molar-refractivity contribution is 5.78. The van der Waals surface area contributed by atoms with Gasteiger partial charge < -0.3 is 10.1 Å². The topological polar surface area (TPSA) is 50.4 Å². The number of halogens is 2. The van der Waals surface area contributed by atoms with E-state index < -0.39 is 6.61 Å². The largest absolute Gasteiger partial charge is 0.435 e. The highest BCUT2D eigenvalue weighted by Crippen LogP contribution is 2.25. The van der Waals surface area contributed by atoms with E-state index in [0.29, 0.717) is 5.92 Å². The molecule has 0 saturated heterocycles. The van der Waals surface area contributed by atoms with E-state index in [1.54, 1.807) is 12.1 Å². The molecule has 0 unspecified atom stereocenters. The monoisotopic (exact) mass is 402 g/mol. The number of ether oxygens (including phenoxy) is 1. The SMILES string of the molecule is C[C@H]1CCCC[C@@H]1NC(=O)CN[C@@H](c1ccccc1)c1ccc(OC(F)F)cc1. The van der Waals surface area contributed by atoms with Crippen LogP contribution >= 0.6 is 0 Å². The molecule has 156 valence electrons. The van der Waals surface area contributed by atoms with Crippen LogP contribution in [0.4, 0.5) is 8.78 Å². The lowest BCUT2D eigenvalue weighted by molar-refractivity contribution is -0.121. The van der Waals surface area contributed by atoms with Gasteiger partial charge in [-0.3, -0.25) is 10.1 Å². The predicted molar refractivity (Wildman–Crippen MR) is 109 cm³/mol. The van der Waals surface area contributed by atoms with Crippen molar-refractivity contribution >= 4 is 5.91 Å². The van der Waals surface area contributed by atoms with Gasteiger partial charge in [0.05, 0.1) is 12.6 Å². The van der Waals surface area contributed by atoms with Crippen molar-refractivity contribution in [1.29, 1.82) is 0 Å². The van der Waals surface area contributed by atoms with Gasteiger partial charge in [-0.2, -0.15) is 8.78 Å². The van der Waals surface area contributed by atoms with Gasteiger partial charge >= 0.3 is 6.61 Å². The summed E-state index contributed by atoms with van der Waals surface area (Å²) in [4.78, 5) is 12.5. The Kier molecular flexibility index (Phi) is 7.58. The molecule has 0 spiro atoms. The van der Waals surface area contributed by atoms with Crippen LogP contribution in [0.3, 0.4) is 0 Å². The Labute approximate surface area is 170 Å². The quantitative estimate of drug-likeness (QED) is 0.675. The van der Waals surface area contributed by atoms with Crippen molar-refractivity contribution in [2.24, 2.45) is 5.92 Å². The first-order valence-corrected chi connectivity index (χ1v) is 10.2. The summed E-state index contributed by atoms with van der Waals surface area (Å²) in [5.41, 5.74) is 1.87. The van der Waals surface area contributed by atoms with E-state index in [9.17, 15) is 13.6 Å². The van der Waals surface area contributed by atoms with E-state index in [1.807, 2.05) is 30.3 Å². The van der Waals surface area contributed by atoms with Gasteiger partial charge in [-0.15, -0.1) is 0 Å². The zero-order chi connectivity index (χ0) is 20.6. The van der Waals surface area contributed by atoms with E-state index in [-0.39, 0.29) is 30.3 Å². The second kappa shape index (κ2) is 10.3. The Morgan fingerprint density at radius 3 is 2.34 bits per heavy atom. The Bertz CT molecular complexity index is 768. The molecule has 6 heteroatoms. The summed E-state index contributed by atoms with van der Waals surface area (Å²) in [6, 6.07) is 16.3. The zero-order valence-electron chi connectivity index (χ0n) is 16.6. The minimum Gasteiger partial charge on any atom is -0.435 e. The minimum atomic E-state index is -2.85. The highest BCUT2D eigenvalue weighted by Gasteiger charge is 2.23. The number of hydrogen-bond donors (Lipinski definition) is 2. The van der Waals surface area contributed by atoms with Crippen molar-refractivity contribution in [3.8, 4) is 5.75 Å². The average molecular weight is 402 g/mol. The molecule has 0 bridgehead atoms. The molecule has 0 radical (unpaired) electrons. The fraction of sp³-hybridized carbons (Fsp3) is 0.435. The number of carbonyl (C=O) groups is 1. The van der Waals surface area contributed by atoms with Gasteiger partial charge in [0.1, 0.15) is 5.75 Å². The predicted octanol–water partition coefficient (Wildman–Crippen LogP) is 4.66. The standard InChI is InChI=1S/C23H28F2N2O2/c1-16-7-5-6-10-20(16)27-21(28)15-26-22(17-8-3-2-4-9-17)18-11-13-19(14-12-18)29-23(24)25/h2-4,8-9,11-14,16,20,22-23,26H,5-7,10,15H2,1H3,(H,27,28)/t16-,20-,22-/m0/s1. The minimum absolute atomic E-state index is 0.0256. The Hall–Kier alpha value is -2.47. The van der Waals surface area contributed by atoms with E-state index in [2.05, 4.69) is 22.3 Å². The van der Waals surface area contributed by atoms with Gasteiger partial charge in [0.25, 0.3) is 0 Å². The van der Waals surface area contributed by atoms with Crippen molar-refractivity contribution in [1.82, 2.24) is 10.6 Å². The third kappa shape index (κ3) is 6.26. The zero-order valence-corrected chi connectivity index (χ0v) is 16.6. The fourth-order valence-electron chi connectivity index (χ4n) is 3.90. The molecule has 4 nitrogen and oxygen atoms in total. The second-order valence-corrected chi connectivity index (χ2v) is 7.61. The molecule has 0 aromatic heterocycles. The van der Waals surface area contributed by atoms with Gasteiger partial charge in [-0.25, -0.2) is 0 Å². The van der Waals surface area contributed by atoms with Crippen LogP contribution in [0.1, 0.15) is 49.8 Å². The Morgan fingerprint density at radius 2 is 1.69 bits per heavy atom. The molecule has 3 rings (SSSR count). The first-order chi connectivity index (χ1) is 14.0. The number of hydrogen-bond acceptors (Lipinski definition) is 3. The maximum atomic E-state index is 12.5. The maximum absolute atomic E-state index is 12.5. The molecular weight excluding hydrogens is 374 g/mol. The van der Waals surface area contributed by atoms with E-state index in [1.165, 1.54) is 18.6 Å². The molecule has 2 N–H and O–H groups in total. The van der Waals surface area contributed by atoms with Crippen molar-refractivity contribution in [3.63, 3.8) is 0 Å². The highest BCUT2D eigenvalue weighted by atomic mass is 19.3. The van der Waals surface area contributed by atoms with Crippen molar-refractivity contribution in [3.05, 3.63) is 65.7 Å². The maximum Gasteiger partial charge on any atom is 0.387 e. The van der Waals surface area contributed by atoms with Crippen molar-refractivity contribution < 1.29 is 18.3 Å². The summed E-state index contributed by atoms with van der Waals surface area (Å²) in [6.07, 6.45) is 4.56. The molecule has 29 heavy (non-hydrogen) atoms. The van der Waals surface area contributed by atoms with Crippen LogP contribution < -0.4 is 15.4 Å². The molecule has 2 aromatic rings. The molecule has 1 aliphatic rings. The third-order valence-corrected chi connectivity index (χ3v) is 5.50. The molecule has 3 atom stereocenters. The van der Waals surface area contributed by atoms with E-state index in [4.69, 9.17) is 0 Å². The molecular formula is C23H28F2N2O2. The number of amides is 1. The fourth-order valence-corrected chi connectivity index (χ4v) is 3.90. The molecule has 2 aromatic carbocycles. The molecule has 1 amide bonds. The lowest BCUT2D eigenvalue weighted by Gasteiger charge is -2.30. The summed E-state index contributed by atoms with van der Waals surface area (Å²) in [5.74, 6) is 0.585. The smallest absolute Gasteiger partial charge is 0.387 e. The molecule has 1 aliphatic carbocycles. The van der Waals surface area contributed by atoms with Crippen LogP contribution in [0.5, 0.6) is 5.75 Å². The summed E-state index contributed by atoms with van der Waals surface area (Å²) in [5, 5.41) is 6.47. The van der Waals surface area contributed by atoms with Gasteiger partial charge in [0, 0.05) is 6.04 Å². The number of carbonyl (C=O) groups excluding carboxylic acids is 1. The third-order valence-electron chi connectivity index (χ3n) is 5.50. The molecule has 1 saturated carbocycles. The van der Waals surface area contributed by atoms with E-state index >= 15 is 0 Å². The van der Waals surface area contributed by atoms with Gasteiger partial charge in [-0.05, 0) is 42.0 Å². The van der Waals surface area contributed by atoms with Gasteiger partial charge in [0.2, 0.25) is 5.91 Å². The second-order valence-electron chi connectivity index (χ2n) is 7.61. The van der Waals surface area contributed by atoms with Crippen LogP contribution in [0.25, 0.3) is 0 Å². The van der Waals surface area contributed by atoms with E-state index in [0.717, 1.165) is 30.4 Å². The van der Waals surface area contributed by atoms with Gasteiger partial charge in [0.15, 0.2) is 0 Å². The van der Waals surface area contributed by atoms with Gasteiger partial charge in [-0.1, -0.05) is 62.2 Å². The average Bonchev–Trinajstić information content (AvgIpc) is 2.71. The van der Waals surface area contributed by atoms with Crippen molar-refractivity contribution in [2.75, 3.05) is 6.54 Å². The number of alkyl halides is 2. The van der Waals surface area contributed by atoms with Crippen LogP contribution in [-0.2, 0) is 4.79 Å². The lowest BCUT2D eigenvalue weighted by Crippen LogP contribution is -2.45. The molecule has 1 fully saturated rings. The summed E-state index contributed by atoms with van der Waals surface area (Å²) >= 11 is 0. The Morgan fingerprint density at radius 1 is 1.03 bits per heavy atom. The molecule has 0 heterocycles. The molecule has 0 aliphatic heterocycles. The number of nitrogens with one attached hydrogen (secondary N) is 2. The first kappa shape index (κ1) is 21.2. The summed E-state index contributed by atoms with van der Waals surface area (Å²) < 4.78 is 29.2. The normalized spacial score (nSPS) is 20.3. The number of rotatable bonds is 8. The first-order valence-electron chi connectivity index (χ1n) is 10.2. The van der Waals surface area contributed by atoms with Crippen molar-refractivity contribution in [2.45, 2.75) is 51.3 Å². The van der Waals surface area contributed by atoms with Crippen LogP contribution in [0, 0.1) is 5.92 Å². The van der Waals surface area contributed by atoms with Crippen LogP contribution in [-0.4, -0.2) is 25.1 Å². The van der Waals surface area contributed by atoms with Crippen LogP contribution in [0.2, 0.25) is 0 Å². The van der Waals surface area contributed by atoms with Crippen LogP contribution in [0.15, 0.2) is 54.6 Å². The number of benzene rings is 2. The lowest BCUT2D eigenvalue weighted by atomic mass is 9.86.